The van der Waals surface area contributed by atoms with Gasteiger partial charge in [-0.15, -0.1) is 11.3 Å². The first kappa shape index (κ1) is 17.4. The molecule has 2 aromatic rings. The standard InChI is InChI=1S/C16H18N4OS2/c1-4-14-19-10(2)13(8-17)16(20-14)23-11(3)15(21)18-9-12-6-5-7-22-12/h5-7,11H,4,9H2,1-3H3,(H,18,21)/t11-/m1/s1. The molecule has 1 atom stereocenters. The van der Waals surface area contributed by atoms with Gasteiger partial charge < -0.3 is 5.32 Å². The molecule has 0 bridgehead atoms. The first-order valence-electron chi connectivity index (χ1n) is 7.29. The van der Waals surface area contributed by atoms with Gasteiger partial charge in [0.1, 0.15) is 22.5 Å². The number of hydrogen-bond donors (Lipinski definition) is 1. The lowest BCUT2D eigenvalue weighted by atomic mass is 10.2. The van der Waals surface area contributed by atoms with Gasteiger partial charge in [-0.25, -0.2) is 9.97 Å². The molecule has 0 unspecified atom stereocenters. The highest BCUT2D eigenvalue weighted by atomic mass is 32.2. The number of amides is 1. The summed E-state index contributed by atoms with van der Waals surface area (Å²) in [6.45, 7) is 6.10. The Morgan fingerprint density at radius 3 is 2.91 bits per heavy atom. The molecule has 1 N–H and O–H groups in total. The summed E-state index contributed by atoms with van der Waals surface area (Å²) in [6.07, 6.45) is 0.694. The third kappa shape index (κ3) is 4.53. The maximum atomic E-state index is 12.2. The monoisotopic (exact) mass is 346 g/mol. The lowest BCUT2D eigenvalue weighted by Gasteiger charge is -2.13. The van der Waals surface area contributed by atoms with Crippen LogP contribution in [0.4, 0.5) is 0 Å². The fraction of sp³-hybridized carbons (Fsp3) is 0.375. The van der Waals surface area contributed by atoms with Gasteiger partial charge in [-0.1, -0.05) is 24.8 Å². The van der Waals surface area contributed by atoms with Crippen LogP contribution in [0.15, 0.2) is 22.5 Å². The van der Waals surface area contributed by atoms with E-state index in [1.54, 1.807) is 18.3 Å². The van der Waals surface area contributed by atoms with Crippen molar-refractivity contribution in [3.8, 4) is 6.07 Å². The van der Waals surface area contributed by atoms with Gasteiger partial charge in [-0.3, -0.25) is 4.79 Å². The Hall–Kier alpha value is -1.91. The van der Waals surface area contributed by atoms with Crippen LogP contribution < -0.4 is 5.32 Å². The van der Waals surface area contributed by atoms with E-state index in [9.17, 15) is 10.1 Å². The van der Waals surface area contributed by atoms with E-state index in [0.717, 1.165) is 4.88 Å². The quantitative estimate of drug-likeness (QED) is 0.642. The predicted molar refractivity (Wildman–Crippen MR) is 92.3 cm³/mol. The van der Waals surface area contributed by atoms with Crippen molar-refractivity contribution in [1.82, 2.24) is 15.3 Å². The molecular weight excluding hydrogens is 328 g/mol. The molecule has 0 aromatic carbocycles. The molecule has 0 spiro atoms. The van der Waals surface area contributed by atoms with E-state index < -0.39 is 0 Å². The zero-order valence-corrected chi connectivity index (χ0v) is 14.9. The average Bonchev–Trinajstić information content (AvgIpc) is 3.05. The van der Waals surface area contributed by atoms with Gasteiger partial charge in [-0.05, 0) is 25.3 Å². The zero-order chi connectivity index (χ0) is 16.8. The van der Waals surface area contributed by atoms with Crippen LogP contribution in [-0.2, 0) is 17.8 Å². The van der Waals surface area contributed by atoms with Gasteiger partial charge in [-0.2, -0.15) is 5.26 Å². The number of nitriles is 1. The second-order valence-corrected chi connectivity index (χ2v) is 7.29. The number of nitrogens with one attached hydrogen (secondary N) is 1. The fourth-order valence-corrected chi connectivity index (χ4v) is 3.57. The smallest absolute Gasteiger partial charge is 0.233 e. The van der Waals surface area contributed by atoms with E-state index >= 15 is 0 Å². The van der Waals surface area contributed by atoms with Gasteiger partial charge in [0.25, 0.3) is 0 Å². The number of hydrogen-bond acceptors (Lipinski definition) is 6. The Balaban J connectivity index is 2.07. The molecule has 7 heteroatoms. The van der Waals surface area contributed by atoms with Gasteiger partial charge in [0, 0.05) is 11.3 Å². The lowest BCUT2D eigenvalue weighted by Crippen LogP contribution is -2.30. The summed E-state index contributed by atoms with van der Waals surface area (Å²) in [7, 11) is 0. The molecule has 0 aliphatic rings. The number of aromatic nitrogens is 2. The number of thioether (sulfide) groups is 1. The molecule has 0 radical (unpaired) electrons. The van der Waals surface area contributed by atoms with E-state index in [2.05, 4.69) is 21.4 Å². The zero-order valence-electron chi connectivity index (χ0n) is 13.3. The van der Waals surface area contributed by atoms with E-state index in [4.69, 9.17) is 0 Å². The maximum absolute atomic E-state index is 12.2. The topological polar surface area (TPSA) is 78.7 Å². The van der Waals surface area contributed by atoms with Gasteiger partial charge >= 0.3 is 0 Å². The lowest BCUT2D eigenvalue weighted by molar-refractivity contribution is -0.120. The van der Waals surface area contributed by atoms with Crippen LogP contribution in [-0.4, -0.2) is 21.1 Å². The molecule has 0 aliphatic heterocycles. The van der Waals surface area contributed by atoms with Crippen LogP contribution in [0, 0.1) is 18.3 Å². The second-order valence-electron chi connectivity index (χ2n) is 4.93. The fourth-order valence-electron chi connectivity index (χ4n) is 1.93. The summed E-state index contributed by atoms with van der Waals surface area (Å²) in [6, 6.07) is 6.08. The molecule has 0 aliphatic carbocycles. The number of carbonyl (C=O) groups is 1. The van der Waals surface area contributed by atoms with Gasteiger partial charge in [0.05, 0.1) is 17.5 Å². The first-order valence-corrected chi connectivity index (χ1v) is 9.05. The third-order valence-corrected chi connectivity index (χ3v) is 5.17. The maximum Gasteiger partial charge on any atom is 0.233 e. The van der Waals surface area contributed by atoms with Crippen molar-refractivity contribution in [2.24, 2.45) is 0 Å². The van der Waals surface area contributed by atoms with Crippen molar-refractivity contribution in [2.45, 2.75) is 44.0 Å². The van der Waals surface area contributed by atoms with E-state index in [-0.39, 0.29) is 11.2 Å². The molecule has 120 valence electrons. The number of carbonyl (C=O) groups excluding carboxylic acids is 1. The molecule has 2 aromatic heterocycles. The van der Waals surface area contributed by atoms with E-state index in [1.165, 1.54) is 11.8 Å². The minimum Gasteiger partial charge on any atom is -0.350 e. The number of nitrogens with zero attached hydrogens (tertiary/aromatic N) is 3. The minimum atomic E-state index is -0.332. The SMILES string of the molecule is CCc1nc(C)c(C#N)c(S[C@H](C)C(=O)NCc2cccs2)n1. The van der Waals surface area contributed by atoms with E-state index in [0.29, 0.717) is 35.1 Å². The molecule has 0 saturated heterocycles. The molecular formula is C16H18N4OS2. The van der Waals surface area contributed by atoms with Crippen molar-refractivity contribution in [3.63, 3.8) is 0 Å². The number of aryl methyl sites for hydroxylation is 2. The molecule has 2 rings (SSSR count). The predicted octanol–water partition coefficient (Wildman–Crippen LogP) is 3.08. The summed E-state index contributed by atoms with van der Waals surface area (Å²) in [4.78, 5) is 22.0. The van der Waals surface area contributed by atoms with Crippen LogP contribution >= 0.6 is 23.1 Å². The van der Waals surface area contributed by atoms with Crippen molar-refractivity contribution < 1.29 is 4.79 Å². The van der Waals surface area contributed by atoms with Crippen molar-refractivity contribution in [2.75, 3.05) is 0 Å². The van der Waals surface area contributed by atoms with Crippen LogP contribution in [0.5, 0.6) is 0 Å². The molecule has 5 nitrogen and oxygen atoms in total. The summed E-state index contributed by atoms with van der Waals surface area (Å²) in [5.74, 6) is 0.622. The van der Waals surface area contributed by atoms with Crippen LogP contribution in [0.3, 0.4) is 0 Å². The van der Waals surface area contributed by atoms with Crippen molar-refractivity contribution >= 4 is 29.0 Å². The molecule has 0 fully saturated rings. The summed E-state index contributed by atoms with van der Waals surface area (Å²) in [5.41, 5.74) is 1.11. The third-order valence-electron chi connectivity index (χ3n) is 3.21. The Morgan fingerprint density at radius 2 is 2.30 bits per heavy atom. The van der Waals surface area contributed by atoms with Crippen LogP contribution in [0.1, 0.15) is 35.8 Å². The Labute approximate surface area is 144 Å². The van der Waals surface area contributed by atoms with E-state index in [1.807, 2.05) is 31.4 Å². The minimum absolute atomic E-state index is 0.0680. The molecule has 1 amide bonds. The normalized spacial score (nSPS) is 11.7. The summed E-state index contributed by atoms with van der Waals surface area (Å²) >= 11 is 2.91. The highest BCUT2D eigenvalue weighted by Gasteiger charge is 2.19. The number of thiophene rings is 1. The molecule has 2 heterocycles. The Kier molecular flexibility index (Phi) is 6.13. The summed E-state index contributed by atoms with van der Waals surface area (Å²) in [5, 5.41) is 14.4. The second kappa shape index (κ2) is 8.09. The van der Waals surface area contributed by atoms with Crippen molar-refractivity contribution in [3.05, 3.63) is 39.5 Å². The van der Waals surface area contributed by atoms with Gasteiger partial charge in [0.2, 0.25) is 5.91 Å². The van der Waals surface area contributed by atoms with Crippen molar-refractivity contribution in [1.29, 1.82) is 5.26 Å². The Morgan fingerprint density at radius 1 is 1.52 bits per heavy atom. The average molecular weight is 346 g/mol. The highest BCUT2D eigenvalue weighted by Crippen LogP contribution is 2.26. The summed E-state index contributed by atoms with van der Waals surface area (Å²) < 4.78 is 0. The molecule has 0 saturated carbocycles. The highest BCUT2D eigenvalue weighted by molar-refractivity contribution is 8.00. The molecule has 23 heavy (non-hydrogen) atoms. The largest absolute Gasteiger partial charge is 0.350 e. The van der Waals surface area contributed by atoms with Crippen LogP contribution in [0.25, 0.3) is 0 Å². The van der Waals surface area contributed by atoms with Crippen LogP contribution in [0.2, 0.25) is 0 Å². The number of rotatable bonds is 6. The Bertz CT molecular complexity index is 722. The van der Waals surface area contributed by atoms with Gasteiger partial charge in [0.15, 0.2) is 0 Å². The first-order chi connectivity index (χ1) is 11.0.